The van der Waals surface area contributed by atoms with E-state index in [1.807, 2.05) is 31.2 Å². The van der Waals surface area contributed by atoms with Crippen molar-refractivity contribution in [3.8, 4) is 0 Å². The van der Waals surface area contributed by atoms with Crippen LogP contribution in [0.15, 0.2) is 58.9 Å². The van der Waals surface area contributed by atoms with E-state index in [-0.39, 0.29) is 0 Å². The third-order valence-electron chi connectivity index (χ3n) is 1.46. The third-order valence-corrected chi connectivity index (χ3v) is 4.01. The second-order valence-corrected chi connectivity index (χ2v) is 4.65. The van der Waals surface area contributed by atoms with E-state index >= 15 is 0 Å². The molecule has 0 N–H and O–H groups in total. The standard InChI is InChI=1S/C11H12S2/c1-3-10(4-2)12-13-11-8-6-5-7-9-11/h3-9H,1H2,2H3/b10-4+. The maximum atomic E-state index is 3.74. The van der Waals surface area contributed by atoms with Crippen molar-refractivity contribution in [3.05, 3.63) is 54.0 Å². The molecule has 0 saturated carbocycles. The summed E-state index contributed by atoms with van der Waals surface area (Å²) < 4.78 is 0. The highest BCUT2D eigenvalue weighted by Crippen LogP contribution is 2.36. The van der Waals surface area contributed by atoms with Crippen molar-refractivity contribution in [3.63, 3.8) is 0 Å². The topological polar surface area (TPSA) is 0 Å². The van der Waals surface area contributed by atoms with E-state index in [9.17, 15) is 0 Å². The van der Waals surface area contributed by atoms with Crippen LogP contribution in [0, 0.1) is 0 Å². The van der Waals surface area contributed by atoms with Gasteiger partial charge in [-0.2, -0.15) is 0 Å². The molecule has 2 heteroatoms. The summed E-state index contributed by atoms with van der Waals surface area (Å²) in [6.45, 7) is 5.77. The van der Waals surface area contributed by atoms with Gasteiger partial charge in [-0.3, -0.25) is 0 Å². The lowest BCUT2D eigenvalue weighted by Gasteiger charge is -1.99. The first kappa shape index (κ1) is 10.5. The van der Waals surface area contributed by atoms with Crippen LogP contribution in [-0.4, -0.2) is 0 Å². The van der Waals surface area contributed by atoms with Crippen LogP contribution in [0.2, 0.25) is 0 Å². The van der Waals surface area contributed by atoms with Crippen molar-refractivity contribution in [2.75, 3.05) is 0 Å². The van der Waals surface area contributed by atoms with Crippen LogP contribution >= 0.6 is 21.6 Å². The predicted molar refractivity (Wildman–Crippen MR) is 63.8 cm³/mol. The minimum atomic E-state index is 1.20. The summed E-state index contributed by atoms with van der Waals surface area (Å²) in [5.74, 6) is 0. The monoisotopic (exact) mass is 208 g/mol. The van der Waals surface area contributed by atoms with Gasteiger partial charge >= 0.3 is 0 Å². The number of hydrogen-bond acceptors (Lipinski definition) is 2. The smallest absolute Gasteiger partial charge is 0.0186 e. The zero-order valence-electron chi connectivity index (χ0n) is 7.57. The van der Waals surface area contributed by atoms with Gasteiger partial charge < -0.3 is 0 Å². The van der Waals surface area contributed by atoms with Crippen LogP contribution in [0.25, 0.3) is 0 Å². The number of allylic oxidation sites excluding steroid dienone is 2. The SMILES string of the molecule is C=C/C(=C\C)SSc1ccccc1. The zero-order chi connectivity index (χ0) is 9.52. The molecule has 0 amide bonds. The van der Waals surface area contributed by atoms with Crippen molar-refractivity contribution < 1.29 is 0 Å². The van der Waals surface area contributed by atoms with Gasteiger partial charge in [0.2, 0.25) is 0 Å². The molecule has 0 radical (unpaired) electrons. The molecule has 0 aliphatic heterocycles. The fourth-order valence-electron chi connectivity index (χ4n) is 0.772. The molecule has 0 aliphatic carbocycles. The van der Waals surface area contributed by atoms with Gasteiger partial charge in [-0.25, -0.2) is 0 Å². The van der Waals surface area contributed by atoms with Gasteiger partial charge in [-0.1, -0.05) is 58.5 Å². The minimum absolute atomic E-state index is 1.20. The molecule has 0 aromatic heterocycles. The van der Waals surface area contributed by atoms with Crippen molar-refractivity contribution in [2.24, 2.45) is 0 Å². The summed E-state index contributed by atoms with van der Waals surface area (Å²) in [4.78, 5) is 2.47. The lowest BCUT2D eigenvalue weighted by molar-refractivity contribution is 1.48. The van der Waals surface area contributed by atoms with Crippen LogP contribution in [0.1, 0.15) is 6.92 Å². The highest BCUT2D eigenvalue weighted by Gasteiger charge is 1.94. The first-order chi connectivity index (χ1) is 6.36. The van der Waals surface area contributed by atoms with Crippen LogP contribution in [0.3, 0.4) is 0 Å². The molecule has 0 aliphatic rings. The minimum Gasteiger partial charge on any atom is -0.0979 e. The average Bonchev–Trinajstić information content (AvgIpc) is 2.21. The first-order valence-corrected chi connectivity index (χ1v) is 6.20. The van der Waals surface area contributed by atoms with E-state index in [1.54, 1.807) is 21.6 Å². The second kappa shape index (κ2) is 5.95. The van der Waals surface area contributed by atoms with Crippen molar-refractivity contribution >= 4 is 21.6 Å². The quantitative estimate of drug-likeness (QED) is 0.527. The van der Waals surface area contributed by atoms with E-state index in [1.165, 1.54) is 9.80 Å². The van der Waals surface area contributed by atoms with Crippen LogP contribution in [-0.2, 0) is 0 Å². The summed E-state index contributed by atoms with van der Waals surface area (Å²) >= 11 is 0. The Morgan fingerprint density at radius 2 is 2.00 bits per heavy atom. The second-order valence-electron chi connectivity index (χ2n) is 2.37. The van der Waals surface area contributed by atoms with E-state index < -0.39 is 0 Å². The molecule has 1 rings (SSSR count). The van der Waals surface area contributed by atoms with Gasteiger partial charge in [0.05, 0.1) is 0 Å². The Kier molecular flexibility index (Phi) is 4.79. The summed E-state index contributed by atoms with van der Waals surface area (Å²) in [5.41, 5.74) is 0. The Bertz CT molecular complexity index is 288. The van der Waals surface area contributed by atoms with Crippen molar-refractivity contribution in [2.45, 2.75) is 11.8 Å². The molecule has 0 heterocycles. The zero-order valence-corrected chi connectivity index (χ0v) is 9.20. The van der Waals surface area contributed by atoms with Gasteiger partial charge in [0.25, 0.3) is 0 Å². The molecule has 0 nitrogen and oxygen atoms in total. The van der Waals surface area contributed by atoms with E-state index in [0.717, 1.165) is 0 Å². The van der Waals surface area contributed by atoms with E-state index in [0.29, 0.717) is 0 Å². The molecule has 0 fully saturated rings. The molecule has 1 aromatic carbocycles. The molecular weight excluding hydrogens is 196 g/mol. The lowest BCUT2D eigenvalue weighted by Crippen LogP contribution is -1.66. The van der Waals surface area contributed by atoms with Gasteiger partial charge in [0.15, 0.2) is 0 Å². The molecule has 0 unspecified atom stereocenters. The summed E-state index contributed by atoms with van der Waals surface area (Å²) in [6.07, 6.45) is 3.94. The highest BCUT2D eigenvalue weighted by molar-refractivity contribution is 8.78. The molecule has 68 valence electrons. The molecule has 0 bridgehead atoms. The molecule has 13 heavy (non-hydrogen) atoms. The van der Waals surface area contributed by atoms with Gasteiger partial charge in [-0.05, 0) is 19.1 Å². The van der Waals surface area contributed by atoms with Gasteiger partial charge in [0.1, 0.15) is 0 Å². The normalized spacial score (nSPS) is 11.3. The van der Waals surface area contributed by atoms with Crippen molar-refractivity contribution in [1.82, 2.24) is 0 Å². The Morgan fingerprint density at radius 3 is 2.54 bits per heavy atom. The van der Waals surface area contributed by atoms with Gasteiger partial charge in [-0.15, -0.1) is 0 Å². The number of benzene rings is 1. The molecule has 0 atom stereocenters. The number of hydrogen-bond donors (Lipinski definition) is 0. The third kappa shape index (κ3) is 3.75. The maximum absolute atomic E-state index is 3.74. The lowest BCUT2D eigenvalue weighted by atomic mass is 10.4. The van der Waals surface area contributed by atoms with Crippen molar-refractivity contribution in [1.29, 1.82) is 0 Å². The van der Waals surface area contributed by atoms with Crippen LogP contribution in [0.5, 0.6) is 0 Å². The highest BCUT2D eigenvalue weighted by atomic mass is 33.1. The Labute approximate surface area is 87.5 Å². The molecule has 0 saturated heterocycles. The summed E-state index contributed by atoms with van der Waals surface area (Å²) in [6, 6.07) is 10.3. The Hall–Kier alpha value is -0.600. The number of rotatable bonds is 4. The maximum Gasteiger partial charge on any atom is 0.0186 e. The predicted octanol–water partition coefficient (Wildman–Crippen LogP) is 4.52. The van der Waals surface area contributed by atoms with E-state index in [2.05, 4.69) is 24.8 Å². The molecule has 0 spiro atoms. The van der Waals surface area contributed by atoms with Gasteiger partial charge in [0, 0.05) is 9.80 Å². The molecule has 1 aromatic rings. The van der Waals surface area contributed by atoms with E-state index in [4.69, 9.17) is 0 Å². The van der Waals surface area contributed by atoms with Crippen LogP contribution in [0.4, 0.5) is 0 Å². The summed E-state index contributed by atoms with van der Waals surface area (Å²) in [7, 11) is 3.49. The average molecular weight is 208 g/mol. The fraction of sp³-hybridized carbons (Fsp3) is 0.0909. The molecular formula is C11H12S2. The Morgan fingerprint density at radius 1 is 1.31 bits per heavy atom. The largest absolute Gasteiger partial charge is 0.0979 e. The van der Waals surface area contributed by atoms with Crippen LogP contribution < -0.4 is 0 Å². The first-order valence-electron chi connectivity index (χ1n) is 4.05. The summed E-state index contributed by atoms with van der Waals surface area (Å²) in [5, 5.41) is 0. The fourth-order valence-corrected chi connectivity index (χ4v) is 2.80. The Balaban J connectivity index is 2.48.